The Hall–Kier alpha value is -1.01. The number of hydrogen-bond acceptors (Lipinski definition) is 2. The lowest BCUT2D eigenvalue weighted by atomic mass is 10.0. The van der Waals surface area contributed by atoms with Crippen LogP contribution in [0.1, 0.15) is 45.4 Å². The van der Waals surface area contributed by atoms with E-state index in [1.165, 1.54) is 6.42 Å². The molecule has 1 rings (SSSR count). The summed E-state index contributed by atoms with van der Waals surface area (Å²) in [5, 5.41) is 2.88. The van der Waals surface area contributed by atoms with Crippen molar-refractivity contribution in [1.82, 2.24) is 5.32 Å². The molecular formula is C13H21NO2. The van der Waals surface area contributed by atoms with E-state index in [1.54, 1.807) is 0 Å². The zero-order valence-corrected chi connectivity index (χ0v) is 10.00. The normalized spacial score (nSPS) is 22.1. The van der Waals surface area contributed by atoms with Crippen LogP contribution in [0.25, 0.3) is 0 Å². The van der Waals surface area contributed by atoms with Gasteiger partial charge in [-0.25, -0.2) is 0 Å². The second-order valence-electron chi connectivity index (χ2n) is 4.40. The fourth-order valence-electron chi connectivity index (χ4n) is 1.90. The molecule has 1 heterocycles. The molecule has 1 fully saturated rings. The molecule has 0 aromatic heterocycles. The smallest absolute Gasteiger partial charge is 0.220 e. The molecule has 0 aromatic carbocycles. The first-order valence-electron chi connectivity index (χ1n) is 6.07. The molecular weight excluding hydrogens is 202 g/mol. The van der Waals surface area contributed by atoms with Crippen LogP contribution in [-0.4, -0.2) is 24.7 Å². The molecule has 90 valence electrons. The van der Waals surface area contributed by atoms with Gasteiger partial charge in [0.2, 0.25) is 5.91 Å². The Labute approximate surface area is 97.9 Å². The van der Waals surface area contributed by atoms with Crippen molar-refractivity contribution >= 4 is 5.91 Å². The molecule has 1 aliphatic rings. The van der Waals surface area contributed by atoms with Gasteiger partial charge in [0.1, 0.15) is 0 Å². The number of hydrogen-bond donors (Lipinski definition) is 1. The predicted molar refractivity (Wildman–Crippen MR) is 63.9 cm³/mol. The summed E-state index contributed by atoms with van der Waals surface area (Å²) in [4.78, 5) is 11.5. The lowest BCUT2D eigenvalue weighted by molar-refractivity contribution is -0.122. The van der Waals surface area contributed by atoms with Crippen molar-refractivity contribution in [3.63, 3.8) is 0 Å². The summed E-state index contributed by atoms with van der Waals surface area (Å²) in [5.74, 6) is 2.62. The second kappa shape index (κ2) is 7.29. The van der Waals surface area contributed by atoms with Crippen LogP contribution in [-0.2, 0) is 9.53 Å². The molecule has 1 saturated heterocycles. The molecule has 2 atom stereocenters. The van der Waals surface area contributed by atoms with Crippen molar-refractivity contribution in [1.29, 1.82) is 0 Å². The third kappa shape index (κ3) is 5.18. The van der Waals surface area contributed by atoms with Crippen LogP contribution in [0.5, 0.6) is 0 Å². The summed E-state index contributed by atoms with van der Waals surface area (Å²) < 4.78 is 5.57. The molecule has 0 aromatic rings. The summed E-state index contributed by atoms with van der Waals surface area (Å²) in [5.41, 5.74) is 0. The van der Waals surface area contributed by atoms with Crippen LogP contribution in [0.15, 0.2) is 0 Å². The van der Waals surface area contributed by atoms with Crippen LogP contribution < -0.4 is 5.32 Å². The molecule has 2 unspecified atom stereocenters. The van der Waals surface area contributed by atoms with E-state index in [4.69, 9.17) is 11.2 Å². The average Bonchev–Trinajstić information content (AvgIpc) is 2.28. The van der Waals surface area contributed by atoms with E-state index >= 15 is 0 Å². The molecule has 3 nitrogen and oxygen atoms in total. The Morgan fingerprint density at radius 3 is 3.06 bits per heavy atom. The number of nitrogens with one attached hydrogen (secondary N) is 1. The van der Waals surface area contributed by atoms with Crippen LogP contribution in [0, 0.1) is 12.3 Å². The molecule has 1 aliphatic heterocycles. The lowest BCUT2D eigenvalue weighted by Gasteiger charge is -2.22. The molecule has 16 heavy (non-hydrogen) atoms. The molecule has 0 saturated carbocycles. The van der Waals surface area contributed by atoms with Gasteiger partial charge >= 0.3 is 0 Å². The zero-order valence-electron chi connectivity index (χ0n) is 10.00. The van der Waals surface area contributed by atoms with Gasteiger partial charge < -0.3 is 10.1 Å². The van der Waals surface area contributed by atoms with Crippen molar-refractivity contribution in [3.8, 4) is 12.3 Å². The Morgan fingerprint density at radius 1 is 1.62 bits per heavy atom. The third-order valence-corrected chi connectivity index (χ3v) is 2.80. The highest BCUT2D eigenvalue weighted by Crippen LogP contribution is 2.16. The fraction of sp³-hybridized carbons (Fsp3) is 0.769. The van der Waals surface area contributed by atoms with Gasteiger partial charge in [0, 0.05) is 25.5 Å². The number of carbonyl (C=O) groups excluding carboxylic acids is 1. The number of rotatable bonds is 5. The lowest BCUT2D eigenvalue weighted by Crippen LogP contribution is -2.33. The number of amides is 1. The van der Waals surface area contributed by atoms with Crippen LogP contribution in [0.2, 0.25) is 0 Å². The van der Waals surface area contributed by atoms with Crippen molar-refractivity contribution < 1.29 is 9.53 Å². The van der Waals surface area contributed by atoms with Gasteiger partial charge in [0.25, 0.3) is 0 Å². The summed E-state index contributed by atoms with van der Waals surface area (Å²) in [6.07, 6.45) is 10.9. The quantitative estimate of drug-likeness (QED) is 0.722. The minimum absolute atomic E-state index is 0.0739. The average molecular weight is 223 g/mol. The second-order valence-corrected chi connectivity index (χ2v) is 4.40. The van der Waals surface area contributed by atoms with Gasteiger partial charge in [-0.2, -0.15) is 0 Å². The maximum Gasteiger partial charge on any atom is 0.220 e. The monoisotopic (exact) mass is 223 g/mol. The maximum atomic E-state index is 11.5. The zero-order chi connectivity index (χ0) is 11.8. The van der Waals surface area contributed by atoms with E-state index in [9.17, 15) is 4.79 Å². The Balaban J connectivity index is 2.12. The highest BCUT2D eigenvalue weighted by atomic mass is 16.5. The number of terminal acetylenes is 1. The Kier molecular flexibility index (Phi) is 5.95. The first-order valence-corrected chi connectivity index (χ1v) is 6.07. The molecule has 1 N–H and O–H groups in total. The van der Waals surface area contributed by atoms with Gasteiger partial charge in [0.15, 0.2) is 0 Å². The summed E-state index contributed by atoms with van der Waals surface area (Å²) in [6, 6.07) is 0.0739. The van der Waals surface area contributed by atoms with Crippen molar-refractivity contribution in [2.24, 2.45) is 0 Å². The standard InChI is InChI=1S/C13H21NO2/c1-3-6-11(2)14-13(15)9-8-12-7-4-5-10-16-12/h1,11-12H,4-10H2,2H3,(H,14,15). The maximum absolute atomic E-state index is 11.5. The van der Waals surface area contributed by atoms with E-state index in [0.29, 0.717) is 12.8 Å². The van der Waals surface area contributed by atoms with Gasteiger partial charge in [-0.15, -0.1) is 12.3 Å². The van der Waals surface area contributed by atoms with Gasteiger partial charge in [0.05, 0.1) is 6.10 Å². The largest absolute Gasteiger partial charge is 0.378 e. The topological polar surface area (TPSA) is 38.3 Å². The van der Waals surface area contributed by atoms with E-state index < -0.39 is 0 Å². The third-order valence-electron chi connectivity index (χ3n) is 2.80. The van der Waals surface area contributed by atoms with E-state index in [-0.39, 0.29) is 18.1 Å². The van der Waals surface area contributed by atoms with E-state index in [1.807, 2.05) is 6.92 Å². The molecule has 1 amide bonds. The van der Waals surface area contributed by atoms with Crippen LogP contribution >= 0.6 is 0 Å². The van der Waals surface area contributed by atoms with Gasteiger partial charge in [-0.1, -0.05) is 0 Å². The summed E-state index contributed by atoms with van der Waals surface area (Å²) in [6.45, 7) is 2.77. The highest BCUT2D eigenvalue weighted by Gasteiger charge is 2.15. The molecule has 0 radical (unpaired) electrons. The highest BCUT2D eigenvalue weighted by molar-refractivity contribution is 5.76. The number of carbonyl (C=O) groups is 1. The first-order chi connectivity index (χ1) is 7.72. The van der Waals surface area contributed by atoms with Crippen LogP contribution in [0.3, 0.4) is 0 Å². The Morgan fingerprint density at radius 2 is 2.44 bits per heavy atom. The van der Waals surface area contributed by atoms with Gasteiger partial charge in [-0.3, -0.25) is 4.79 Å². The molecule has 0 aliphatic carbocycles. The first kappa shape index (κ1) is 13.1. The SMILES string of the molecule is C#CCC(C)NC(=O)CCC1CCCCO1. The Bertz CT molecular complexity index is 251. The van der Waals surface area contributed by atoms with Crippen molar-refractivity contribution in [2.45, 2.75) is 57.6 Å². The van der Waals surface area contributed by atoms with E-state index in [2.05, 4.69) is 11.2 Å². The summed E-state index contributed by atoms with van der Waals surface area (Å²) in [7, 11) is 0. The molecule has 0 spiro atoms. The minimum atomic E-state index is 0.0739. The van der Waals surface area contributed by atoms with Gasteiger partial charge in [-0.05, 0) is 32.6 Å². The van der Waals surface area contributed by atoms with E-state index in [0.717, 1.165) is 25.9 Å². The predicted octanol–water partition coefficient (Wildman–Crippen LogP) is 1.86. The van der Waals surface area contributed by atoms with Crippen LogP contribution in [0.4, 0.5) is 0 Å². The van der Waals surface area contributed by atoms with Crippen molar-refractivity contribution in [2.75, 3.05) is 6.61 Å². The van der Waals surface area contributed by atoms with Crippen molar-refractivity contribution in [3.05, 3.63) is 0 Å². The number of ether oxygens (including phenoxy) is 1. The fourth-order valence-corrected chi connectivity index (χ4v) is 1.90. The molecule has 0 bridgehead atoms. The molecule has 3 heteroatoms. The minimum Gasteiger partial charge on any atom is -0.378 e. The summed E-state index contributed by atoms with van der Waals surface area (Å²) >= 11 is 0.